The summed E-state index contributed by atoms with van der Waals surface area (Å²) in [5.41, 5.74) is 0.826. The number of halogens is 1. The maximum absolute atomic E-state index is 11.7. The molecule has 1 amide bonds. The van der Waals surface area contributed by atoms with E-state index in [9.17, 15) is 4.79 Å². The number of aromatic nitrogens is 2. The van der Waals surface area contributed by atoms with E-state index in [1.165, 1.54) is 0 Å². The van der Waals surface area contributed by atoms with Crippen LogP contribution in [0, 0.1) is 0 Å². The number of hydrogen-bond donors (Lipinski definition) is 2. The van der Waals surface area contributed by atoms with Crippen molar-refractivity contribution >= 4 is 17.5 Å². The van der Waals surface area contributed by atoms with Crippen molar-refractivity contribution in [3.8, 4) is 11.4 Å². The third-order valence-corrected chi connectivity index (χ3v) is 3.49. The van der Waals surface area contributed by atoms with Gasteiger partial charge in [0.05, 0.1) is 0 Å². The molecule has 0 aliphatic carbocycles. The fourth-order valence-corrected chi connectivity index (χ4v) is 1.88. The maximum atomic E-state index is 11.7. The number of carbonyl (C=O) groups is 1. The van der Waals surface area contributed by atoms with Gasteiger partial charge in [0.2, 0.25) is 17.6 Å². The largest absolute Gasteiger partial charge is 0.355 e. The number of hydrogen-bond acceptors (Lipinski definition) is 5. The molecule has 1 atom stereocenters. The Kier molecular flexibility index (Phi) is 5.91. The predicted octanol–water partition coefficient (Wildman–Crippen LogP) is 2.05. The molecule has 0 saturated heterocycles. The minimum Gasteiger partial charge on any atom is -0.355 e. The third kappa shape index (κ3) is 4.82. The highest BCUT2D eigenvalue weighted by molar-refractivity contribution is 6.30. The summed E-state index contributed by atoms with van der Waals surface area (Å²) in [7, 11) is 1.85. The van der Waals surface area contributed by atoms with Crippen molar-refractivity contribution in [2.24, 2.45) is 0 Å². The zero-order valence-electron chi connectivity index (χ0n) is 12.6. The van der Waals surface area contributed by atoms with Crippen molar-refractivity contribution in [3.05, 3.63) is 35.2 Å². The molecule has 0 aliphatic heterocycles. The zero-order valence-corrected chi connectivity index (χ0v) is 13.4. The average Bonchev–Trinajstić information content (AvgIpc) is 3.00. The monoisotopic (exact) mass is 322 g/mol. The lowest BCUT2D eigenvalue weighted by Gasteiger charge is -2.10. The lowest BCUT2D eigenvalue weighted by atomic mass is 10.2. The fourth-order valence-electron chi connectivity index (χ4n) is 1.75. The summed E-state index contributed by atoms with van der Waals surface area (Å²) in [5.74, 6) is 0.908. The summed E-state index contributed by atoms with van der Waals surface area (Å²) in [4.78, 5) is 16.0. The Morgan fingerprint density at radius 3 is 2.77 bits per heavy atom. The number of likely N-dealkylation sites (N-methyl/N-ethyl adjacent to an activating group) is 1. The Bertz CT molecular complexity index is 612. The predicted molar refractivity (Wildman–Crippen MR) is 84.6 cm³/mol. The van der Waals surface area contributed by atoms with E-state index in [2.05, 4.69) is 20.8 Å². The molecule has 22 heavy (non-hydrogen) atoms. The van der Waals surface area contributed by atoms with Crippen LogP contribution >= 0.6 is 11.6 Å². The standard InChI is InChI=1S/C15H19ClN4O2/c1-10(17-2)9-18-13(21)7-8-14-19-15(20-22-14)11-3-5-12(16)6-4-11/h3-6,10,17H,7-9H2,1-2H3,(H,18,21). The Balaban J connectivity index is 1.84. The number of amides is 1. The van der Waals surface area contributed by atoms with Crippen molar-refractivity contribution in [2.45, 2.75) is 25.8 Å². The van der Waals surface area contributed by atoms with Crippen LogP contribution in [0.3, 0.4) is 0 Å². The second kappa shape index (κ2) is 7.91. The summed E-state index contributed by atoms with van der Waals surface area (Å²) in [6.45, 7) is 2.59. The number of nitrogens with zero attached hydrogens (tertiary/aromatic N) is 2. The topological polar surface area (TPSA) is 80.0 Å². The molecule has 0 spiro atoms. The lowest BCUT2D eigenvalue weighted by molar-refractivity contribution is -0.121. The van der Waals surface area contributed by atoms with Gasteiger partial charge in [-0.15, -0.1) is 0 Å². The van der Waals surface area contributed by atoms with Gasteiger partial charge < -0.3 is 15.2 Å². The third-order valence-electron chi connectivity index (χ3n) is 3.23. The molecule has 2 rings (SSSR count). The van der Waals surface area contributed by atoms with Crippen LogP contribution < -0.4 is 10.6 Å². The molecule has 0 fully saturated rings. The fraction of sp³-hybridized carbons (Fsp3) is 0.400. The number of nitrogens with one attached hydrogen (secondary N) is 2. The Morgan fingerprint density at radius 1 is 1.36 bits per heavy atom. The molecule has 0 saturated carbocycles. The number of aryl methyl sites for hydroxylation is 1. The smallest absolute Gasteiger partial charge is 0.227 e. The van der Waals surface area contributed by atoms with Crippen molar-refractivity contribution in [2.75, 3.05) is 13.6 Å². The van der Waals surface area contributed by atoms with Crippen LogP contribution in [-0.4, -0.2) is 35.7 Å². The summed E-state index contributed by atoms with van der Waals surface area (Å²) >= 11 is 5.84. The summed E-state index contributed by atoms with van der Waals surface area (Å²) < 4.78 is 5.16. The quantitative estimate of drug-likeness (QED) is 0.815. The Hall–Kier alpha value is -1.92. The molecule has 1 heterocycles. The van der Waals surface area contributed by atoms with E-state index in [4.69, 9.17) is 16.1 Å². The van der Waals surface area contributed by atoms with Crippen molar-refractivity contribution in [1.29, 1.82) is 0 Å². The van der Waals surface area contributed by atoms with Crippen LogP contribution in [0.15, 0.2) is 28.8 Å². The normalized spacial score (nSPS) is 12.1. The summed E-state index contributed by atoms with van der Waals surface area (Å²) in [6.07, 6.45) is 0.735. The van der Waals surface area contributed by atoms with Gasteiger partial charge in [-0.25, -0.2) is 0 Å². The molecule has 118 valence electrons. The van der Waals surface area contributed by atoms with E-state index in [-0.39, 0.29) is 11.9 Å². The highest BCUT2D eigenvalue weighted by atomic mass is 35.5. The van der Waals surface area contributed by atoms with Gasteiger partial charge in [-0.05, 0) is 38.2 Å². The van der Waals surface area contributed by atoms with Gasteiger partial charge in [-0.1, -0.05) is 16.8 Å². The van der Waals surface area contributed by atoms with E-state index in [1.54, 1.807) is 12.1 Å². The number of benzene rings is 1. The molecular weight excluding hydrogens is 304 g/mol. The van der Waals surface area contributed by atoms with E-state index < -0.39 is 0 Å². The highest BCUT2D eigenvalue weighted by Gasteiger charge is 2.11. The first-order valence-corrected chi connectivity index (χ1v) is 7.48. The second-order valence-corrected chi connectivity index (χ2v) is 5.45. The van der Waals surface area contributed by atoms with E-state index >= 15 is 0 Å². The molecule has 2 aromatic rings. The molecule has 6 nitrogen and oxygen atoms in total. The number of rotatable bonds is 7. The van der Waals surface area contributed by atoms with Gasteiger partial charge in [0.25, 0.3) is 0 Å². The lowest BCUT2D eigenvalue weighted by Crippen LogP contribution is -2.37. The first kappa shape index (κ1) is 16.5. The minimum absolute atomic E-state index is 0.0339. The van der Waals surface area contributed by atoms with Gasteiger partial charge >= 0.3 is 0 Å². The van der Waals surface area contributed by atoms with Crippen LogP contribution in [0.4, 0.5) is 0 Å². The maximum Gasteiger partial charge on any atom is 0.227 e. The number of carbonyl (C=O) groups excluding carboxylic acids is 1. The van der Waals surface area contributed by atoms with E-state index in [0.717, 1.165) is 5.56 Å². The molecule has 7 heteroatoms. The summed E-state index contributed by atoms with van der Waals surface area (Å²) in [5, 5.41) is 10.5. The highest BCUT2D eigenvalue weighted by Crippen LogP contribution is 2.18. The van der Waals surface area contributed by atoms with Crippen molar-refractivity contribution < 1.29 is 9.32 Å². The Morgan fingerprint density at radius 2 is 2.09 bits per heavy atom. The van der Waals surface area contributed by atoms with Gasteiger partial charge in [-0.2, -0.15) is 4.98 Å². The molecular formula is C15H19ClN4O2. The SMILES string of the molecule is CNC(C)CNC(=O)CCc1nc(-c2ccc(Cl)cc2)no1. The first-order valence-electron chi connectivity index (χ1n) is 7.11. The van der Waals surface area contributed by atoms with E-state index in [1.807, 2.05) is 26.1 Å². The van der Waals surface area contributed by atoms with Gasteiger partial charge in [0.15, 0.2) is 0 Å². The van der Waals surface area contributed by atoms with Crippen molar-refractivity contribution in [3.63, 3.8) is 0 Å². The minimum atomic E-state index is -0.0339. The van der Waals surface area contributed by atoms with Crippen LogP contribution in [-0.2, 0) is 11.2 Å². The van der Waals surface area contributed by atoms with Gasteiger partial charge in [0.1, 0.15) is 0 Å². The molecule has 0 radical (unpaired) electrons. The molecule has 2 N–H and O–H groups in total. The average molecular weight is 323 g/mol. The second-order valence-electron chi connectivity index (χ2n) is 5.01. The van der Waals surface area contributed by atoms with Crippen molar-refractivity contribution in [1.82, 2.24) is 20.8 Å². The molecule has 1 unspecified atom stereocenters. The van der Waals surface area contributed by atoms with Crippen LogP contribution in [0.25, 0.3) is 11.4 Å². The molecule has 0 aliphatic rings. The molecule has 1 aromatic heterocycles. The van der Waals surface area contributed by atoms with Gasteiger partial charge in [-0.3, -0.25) is 4.79 Å². The first-order chi connectivity index (χ1) is 10.6. The van der Waals surface area contributed by atoms with Gasteiger partial charge in [0, 0.05) is 36.0 Å². The van der Waals surface area contributed by atoms with Crippen LogP contribution in [0.1, 0.15) is 19.2 Å². The zero-order chi connectivity index (χ0) is 15.9. The van der Waals surface area contributed by atoms with E-state index in [0.29, 0.717) is 36.1 Å². The molecule has 0 bridgehead atoms. The van der Waals surface area contributed by atoms with Crippen LogP contribution in [0.5, 0.6) is 0 Å². The molecule has 1 aromatic carbocycles. The van der Waals surface area contributed by atoms with Crippen LogP contribution in [0.2, 0.25) is 5.02 Å². The Labute approximate surface area is 134 Å². The summed E-state index contributed by atoms with van der Waals surface area (Å²) in [6, 6.07) is 7.42.